The van der Waals surface area contributed by atoms with Gasteiger partial charge in [-0.15, -0.1) is 0 Å². The van der Waals surface area contributed by atoms with Crippen molar-refractivity contribution in [1.29, 1.82) is 5.26 Å². The summed E-state index contributed by atoms with van der Waals surface area (Å²) in [4.78, 5) is 27.6. The Kier molecular flexibility index (Phi) is 9.41. The second-order valence-electron chi connectivity index (χ2n) is 7.92. The van der Waals surface area contributed by atoms with Gasteiger partial charge < -0.3 is 15.0 Å². The fourth-order valence-electron chi connectivity index (χ4n) is 3.89. The maximum Gasteiger partial charge on any atom is 0.337 e. The van der Waals surface area contributed by atoms with Crippen LogP contribution < -0.4 is 5.32 Å². The van der Waals surface area contributed by atoms with E-state index < -0.39 is 11.9 Å². The lowest BCUT2D eigenvalue weighted by molar-refractivity contribution is -0.140. The first kappa shape index (κ1) is 26.4. The first-order chi connectivity index (χ1) is 16.9. The molecule has 6 nitrogen and oxygen atoms in total. The molecular weight excluding hydrogens is 482 g/mol. The molecule has 2 aromatic carbocycles. The molecule has 1 amide bonds. The van der Waals surface area contributed by atoms with Crippen molar-refractivity contribution >= 4 is 35.2 Å². The van der Waals surface area contributed by atoms with E-state index in [4.69, 9.17) is 16.3 Å². The van der Waals surface area contributed by atoms with Crippen LogP contribution in [0.5, 0.6) is 0 Å². The standard InChI is InChI=1S/C27H28ClN3O3S/c1-4-31(5-2)23(32)17-35-26-22(15-29)25(20-11-13-21(28)14-12-20)24(18(3)30-26)27(33)34-16-19-9-7-6-8-10-19/h6-14,25,30H,4-5,16-17H2,1-3H3. The van der Waals surface area contributed by atoms with Crippen molar-refractivity contribution in [3.8, 4) is 6.07 Å². The van der Waals surface area contributed by atoms with Gasteiger partial charge in [0.05, 0.1) is 33.9 Å². The van der Waals surface area contributed by atoms with Crippen molar-refractivity contribution in [2.24, 2.45) is 0 Å². The van der Waals surface area contributed by atoms with Crippen LogP contribution in [0.2, 0.25) is 5.02 Å². The maximum absolute atomic E-state index is 13.3. The number of nitrogens with zero attached hydrogens (tertiary/aromatic N) is 2. The summed E-state index contributed by atoms with van der Waals surface area (Å²) in [6.45, 7) is 7.01. The summed E-state index contributed by atoms with van der Waals surface area (Å²) in [6.07, 6.45) is 0. The first-order valence-electron chi connectivity index (χ1n) is 11.4. The zero-order chi connectivity index (χ0) is 25.4. The highest BCUT2D eigenvalue weighted by molar-refractivity contribution is 8.03. The number of nitrogens with one attached hydrogen (secondary N) is 1. The Bertz CT molecular complexity index is 1170. The molecule has 0 saturated heterocycles. The van der Waals surface area contributed by atoms with Crippen molar-refractivity contribution in [2.75, 3.05) is 18.8 Å². The van der Waals surface area contributed by atoms with Crippen LogP contribution in [0, 0.1) is 11.3 Å². The summed E-state index contributed by atoms with van der Waals surface area (Å²) >= 11 is 7.37. The van der Waals surface area contributed by atoms with Gasteiger partial charge in [0.2, 0.25) is 5.91 Å². The van der Waals surface area contributed by atoms with E-state index in [0.29, 0.717) is 40.0 Å². The normalized spacial score (nSPS) is 15.3. The summed E-state index contributed by atoms with van der Waals surface area (Å²) < 4.78 is 5.64. The summed E-state index contributed by atoms with van der Waals surface area (Å²) in [5, 5.41) is 14.5. The maximum atomic E-state index is 13.3. The van der Waals surface area contributed by atoms with E-state index in [0.717, 1.165) is 11.1 Å². The lowest BCUT2D eigenvalue weighted by Crippen LogP contribution is -2.33. The van der Waals surface area contributed by atoms with E-state index in [2.05, 4.69) is 11.4 Å². The Morgan fingerprint density at radius 3 is 2.37 bits per heavy atom. The minimum absolute atomic E-state index is 0.00988. The number of ether oxygens (including phenoxy) is 1. The largest absolute Gasteiger partial charge is 0.457 e. The van der Waals surface area contributed by atoms with Gasteiger partial charge in [0, 0.05) is 23.8 Å². The Labute approximate surface area is 215 Å². The second kappa shape index (κ2) is 12.5. The van der Waals surface area contributed by atoms with Crippen LogP contribution in [0.4, 0.5) is 0 Å². The molecule has 35 heavy (non-hydrogen) atoms. The van der Waals surface area contributed by atoms with Gasteiger partial charge in [0.25, 0.3) is 0 Å². The van der Waals surface area contributed by atoms with Crippen LogP contribution in [0.15, 0.2) is 76.5 Å². The average Bonchev–Trinajstić information content (AvgIpc) is 2.87. The van der Waals surface area contributed by atoms with E-state index in [-0.39, 0.29) is 18.3 Å². The van der Waals surface area contributed by atoms with Gasteiger partial charge in [-0.25, -0.2) is 4.79 Å². The summed E-state index contributed by atoms with van der Waals surface area (Å²) in [7, 11) is 0. The van der Waals surface area contributed by atoms with Gasteiger partial charge in [0.15, 0.2) is 0 Å². The van der Waals surface area contributed by atoms with Crippen LogP contribution >= 0.6 is 23.4 Å². The summed E-state index contributed by atoms with van der Waals surface area (Å²) in [5.74, 6) is -0.976. The van der Waals surface area contributed by atoms with Gasteiger partial charge in [-0.1, -0.05) is 65.8 Å². The van der Waals surface area contributed by atoms with Crippen molar-refractivity contribution in [2.45, 2.75) is 33.3 Å². The monoisotopic (exact) mass is 509 g/mol. The Hall–Kier alpha value is -3.21. The molecule has 1 unspecified atom stereocenters. The molecule has 0 fully saturated rings. The van der Waals surface area contributed by atoms with E-state index in [9.17, 15) is 14.9 Å². The Balaban J connectivity index is 1.94. The molecule has 0 spiro atoms. The number of carbonyl (C=O) groups is 2. The fourth-order valence-corrected chi connectivity index (χ4v) is 5.01. The summed E-state index contributed by atoms with van der Waals surface area (Å²) in [5.41, 5.74) is 2.92. The van der Waals surface area contributed by atoms with Gasteiger partial charge in [-0.3, -0.25) is 4.79 Å². The molecule has 0 saturated carbocycles. The molecule has 1 heterocycles. The number of amides is 1. The Morgan fingerprint density at radius 1 is 1.11 bits per heavy atom. The van der Waals surface area contributed by atoms with Crippen LogP contribution in [-0.4, -0.2) is 35.6 Å². The number of carbonyl (C=O) groups excluding carboxylic acids is 2. The molecule has 8 heteroatoms. The molecule has 1 N–H and O–H groups in total. The minimum atomic E-state index is -0.646. The predicted molar refractivity (Wildman–Crippen MR) is 139 cm³/mol. The van der Waals surface area contributed by atoms with E-state index in [1.54, 1.807) is 36.1 Å². The van der Waals surface area contributed by atoms with E-state index in [1.807, 2.05) is 44.2 Å². The zero-order valence-electron chi connectivity index (χ0n) is 20.0. The van der Waals surface area contributed by atoms with Gasteiger partial charge in [-0.05, 0) is 44.0 Å². The molecule has 2 aromatic rings. The van der Waals surface area contributed by atoms with Gasteiger partial charge >= 0.3 is 5.97 Å². The number of esters is 1. The third-order valence-electron chi connectivity index (χ3n) is 5.74. The van der Waals surface area contributed by atoms with Crippen molar-refractivity contribution in [3.63, 3.8) is 0 Å². The third-order valence-corrected chi connectivity index (χ3v) is 6.99. The number of thioether (sulfide) groups is 1. The van der Waals surface area contributed by atoms with Crippen LogP contribution in [-0.2, 0) is 20.9 Å². The van der Waals surface area contributed by atoms with Crippen LogP contribution in [0.1, 0.15) is 37.8 Å². The molecule has 0 radical (unpaired) electrons. The SMILES string of the molecule is CCN(CC)C(=O)CSC1=C(C#N)C(c2ccc(Cl)cc2)C(C(=O)OCc2ccccc2)=C(C)N1. The quantitative estimate of drug-likeness (QED) is 0.457. The molecule has 0 bridgehead atoms. The number of nitriles is 1. The highest BCUT2D eigenvalue weighted by atomic mass is 35.5. The topological polar surface area (TPSA) is 82.4 Å². The van der Waals surface area contributed by atoms with Crippen molar-refractivity contribution in [1.82, 2.24) is 10.2 Å². The Morgan fingerprint density at radius 2 is 1.77 bits per heavy atom. The molecule has 1 aliphatic rings. The number of hydrogen-bond acceptors (Lipinski definition) is 6. The van der Waals surface area contributed by atoms with E-state index in [1.165, 1.54) is 11.8 Å². The lowest BCUT2D eigenvalue weighted by atomic mass is 9.82. The second-order valence-corrected chi connectivity index (χ2v) is 9.34. The average molecular weight is 510 g/mol. The number of allylic oxidation sites excluding steroid dienone is 2. The molecule has 1 atom stereocenters. The van der Waals surface area contributed by atoms with E-state index >= 15 is 0 Å². The van der Waals surface area contributed by atoms with Gasteiger partial charge in [0.1, 0.15) is 6.61 Å². The highest BCUT2D eigenvalue weighted by Crippen LogP contribution is 2.41. The lowest BCUT2D eigenvalue weighted by Gasteiger charge is -2.29. The van der Waals surface area contributed by atoms with Crippen molar-refractivity contribution in [3.05, 3.63) is 92.6 Å². The highest BCUT2D eigenvalue weighted by Gasteiger charge is 2.35. The first-order valence-corrected chi connectivity index (χ1v) is 12.7. The smallest absolute Gasteiger partial charge is 0.337 e. The number of hydrogen-bond donors (Lipinski definition) is 1. The molecule has 3 rings (SSSR count). The molecule has 0 aromatic heterocycles. The minimum Gasteiger partial charge on any atom is -0.457 e. The molecular formula is C27H28ClN3O3S. The number of halogens is 1. The van der Waals surface area contributed by atoms with Crippen LogP contribution in [0.3, 0.4) is 0 Å². The third kappa shape index (κ3) is 6.47. The number of rotatable bonds is 9. The van der Waals surface area contributed by atoms with Crippen molar-refractivity contribution < 1.29 is 14.3 Å². The molecule has 0 aliphatic carbocycles. The zero-order valence-corrected chi connectivity index (χ0v) is 21.6. The van der Waals surface area contributed by atoms with Crippen LogP contribution in [0.25, 0.3) is 0 Å². The number of dihydropyridines is 1. The number of benzene rings is 2. The predicted octanol–water partition coefficient (Wildman–Crippen LogP) is 5.38. The molecule has 1 aliphatic heterocycles. The fraction of sp³-hybridized carbons (Fsp3) is 0.296. The van der Waals surface area contributed by atoms with Gasteiger partial charge in [-0.2, -0.15) is 5.26 Å². The molecule has 182 valence electrons. The summed E-state index contributed by atoms with van der Waals surface area (Å²) in [6, 6.07) is 18.8.